The molecule has 0 amide bonds. The maximum atomic E-state index is 13.8. The first-order valence-electron chi connectivity index (χ1n) is 13.1. The summed E-state index contributed by atoms with van der Waals surface area (Å²) in [6.07, 6.45) is 0. The number of nitrogens with one attached hydrogen (secondary N) is 1. The first-order valence-corrected chi connectivity index (χ1v) is 13.4. The lowest BCUT2D eigenvalue weighted by Gasteiger charge is -2.33. The number of fused-ring (bicyclic) bond motifs is 1. The summed E-state index contributed by atoms with van der Waals surface area (Å²) in [6.45, 7) is 11.3. The van der Waals surface area contributed by atoms with Crippen molar-refractivity contribution in [1.29, 1.82) is 0 Å². The Hall–Kier alpha value is -3.81. The molecule has 0 fully saturated rings. The Bertz CT molecular complexity index is 1670. The number of hydrogen-bond donors (Lipinski definition) is 1. The van der Waals surface area contributed by atoms with Crippen LogP contribution in [0.2, 0.25) is 5.02 Å². The quantitative estimate of drug-likeness (QED) is 0.261. The highest BCUT2D eigenvalue weighted by Gasteiger charge is 2.34. The molecule has 0 radical (unpaired) electrons. The van der Waals surface area contributed by atoms with E-state index >= 15 is 0 Å². The van der Waals surface area contributed by atoms with Gasteiger partial charge in [-0.2, -0.15) is 0 Å². The molecule has 0 saturated carbocycles. The third-order valence-electron chi connectivity index (χ3n) is 7.08. The van der Waals surface area contributed by atoms with Crippen molar-refractivity contribution in [1.82, 2.24) is 30.1 Å². The van der Waals surface area contributed by atoms with E-state index in [0.717, 1.165) is 33.2 Å². The molecule has 1 atom stereocenters. The summed E-state index contributed by atoms with van der Waals surface area (Å²) in [6, 6.07) is 23.6. The summed E-state index contributed by atoms with van der Waals surface area (Å²) >= 11 is 6.65. The number of tetrazole rings is 1. The Kier molecular flexibility index (Phi) is 7.38. The second kappa shape index (κ2) is 10.8. The Morgan fingerprint density at radius 1 is 0.949 bits per heavy atom. The van der Waals surface area contributed by atoms with Crippen molar-refractivity contribution < 1.29 is 0 Å². The molecule has 0 aliphatic heterocycles. The van der Waals surface area contributed by atoms with Crippen molar-refractivity contribution in [3.63, 3.8) is 0 Å². The Morgan fingerprint density at radius 3 is 2.36 bits per heavy atom. The SMILES string of the molecule is Cc1cc2cc(C(c3nnnn3C(C)(C)C)N(Cc3ccccc3)Cc3ccccc3Cl)c(=O)[nH]c2cc1C. The molecule has 2 heterocycles. The topological polar surface area (TPSA) is 79.7 Å². The third kappa shape index (κ3) is 5.65. The van der Waals surface area contributed by atoms with E-state index in [4.69, 9.17) is 11.6 Å². The lowest BCUT2D eigenvalue weighted by molar-refractivity contribution is 0.184. The number of halogens is 1. The maximum absolute atomic E-state index is 13.8. The number of pyridine rings is 1. The molecule has 1 unspecified atom stereocenters. The van der Waals surface area contributed by atoms with Crippen molar-refractivity contribution in [2.75, 3.05) is 0 Å². The van der Waals surface area contributed by atoms with Gasteiger partial charge in [0.25, 0.3) is 5.56 Å². The first-order chi connectivity index (χ1) is 18.6. The van der Waals surface area contributed by atoms with Crippen LogP contribution in [-0.2, 0) is 18.6 Å². The van der Waals surface area contributed by atoms with Crippen molar-refractivity contribution in [2.24, 2.45) is 0 Å². The zero-order valence-electron chi connectivity index (χ0n) is 22.9. The number of nitrogens with zero attached hydrogens (tertiary/aromatic N) is 5. The minimum atomic E-state index is -0.550. The molecule has 8 heteroatoms. The summed E-state index contributed by atoms with van der Waals surface area (Å²) in [5, 5.41) is 14.6. The predicted molar refractivity (Wildman–Crippen MR) is 156 cm³/mol. The van der Waals surface area contributed by atoms with Gasteiger partial charge in [0, 0.05) is 29.2 Å². The lowest BCUT2D eigenvalue weighted by atomic mass is 9.98. The zero-order chi connectivity index (χ0) is 27.7. The largest absolute Gasteiger partial charge is 0.322 e. The molecule has 0 aliphatic carbocycles. The molecular formula is C31H33ClN6O. The van der Waals surface area contributed by atoms with Crippen LogP contribution in [0.25, 0.3) is 10.9 Å². The van der Waals surface area contributed by atoms with E-state index in [0.29, 0.717) is 29.5 Å². The van der Waals surface area contributed by atoms with Gasteiger partial charge in [0.05, 0.1) is 5.54 Å². The fourth-order valence-corrected chi connectivity index (χ4v) is 5.14. The average Bonchev–Trinajstić information content (AvgIpc) is 3.38. The van der Waals surface area contributed by atoms with Gasteiger partial charge in [-0.3, -0.25) is 9.69 Å². The number of aromatic amines is 1. The average molecular weight is 541 g/mol. The Labute approximate surface area is 233 Å². The third-order valence-corrected chi connectivity index (χ3v) is 7.45. The summed E-state index contributed by atoms with van der Waals surface area (Å²) in [5.74, 6) is 0.596. The molecule has 5 rings (SSSR count). The van der Waals surface area contributed by atoms with Gasteiger partial charge in [0.2, 0.25) is 0 Å². The number of benzene rings is 3. The van der Waals surface area contributed by atoms with E-state index in [-0.39, 0.29) is 5.56 Å². The molecule has 2 aromatic heterocycles. The van der Waals surface area contributed by atoms with Crippen LogP contribution in [0.4, 0.5) is 0 Å². The van der Waals surface area contributed by atoms with Crippen LogP contribution in [0, 0.1) is 13.8 Å². The van der Waals surface area contributed by atoms with Crippen LogP contribution < -0.4 is 5.56 Å². The Morgan fingerprint density at radius 2 is 1.64 bits per heavy atom. The van der Waals surface area contributed by atoms with Crippen molar-refractivity contribution in [3.8, 4) is 0 Å². The lowest BCUT2D eigenvalue weighted by Crippen LogP contribution is -2.37. The monoisotopic (exact) mass is 540 g/mol. The van der Waals surface area contributed by atoms with E-state index in [9.17, 15) is 4.79 Å². The normalized spacial score (nSPS) is 12.8. The number of hydrogen-bond acceptors (Lipinski definition) is 5. The van der Waals surface area contributed by atoms with Crippen molar-refractivity contribution >= 4 is 22.5 Å². The van der Waals surface area contributed by atoms with E-state index in [2.05, 4.69) is 71.3 Å². The smallest absolute Gasteiger partial charge is 0.253 e. The van der Waals surface area contributed by atoms with Gasteiger partial charge in [-0.15, -0.1) is 5.10 Å². The summed E-state index contributed by atoms with van der Waals surface area (Å²) in [7, 11) is 0. The highest BCUT2D eigenvalue weighted by atomic mass is 35.5. The molecule has 1 N–H and O–H groups in total. The van der Waals surface area contributed by atoms with E-state index in [1.165, 1.54) is 0 Å². The molecule has 5 aromatic rings. The van der Waals surface area contributed by atoms with Gasteiger partial charge in [-0.25, -0.2) is 4.68 Å². The first kappa shape index (κ1) is 26.8. The van der Waals surface area contributed by atoms with Gasteiger partial charge in [0.1, 0.15) is 6.04 Å². The second-order valence-electron chi connectivity index (χ2n) is 11.1. The van der Waals surface area contributed by atoms with Gasteiger partial charge in [-0.05, 0) is 97.0 Å². The molecule has 3 aromatic carbocycles. The van der Waals surface area contributed by atoms with E-state index in [1.807, 2.05) is 66.2 Å². The highest BCUT2D eigenvalue weighted by molar-refractivity contribution is 6.31. The van der Waals surface area contributed by atoms with Crippen LogP contribution in [0.15, 0.2) is 77.6 Å². The standard InChI is InChI=1S/C31H33ClN6O/c1-20-15-24-17-25(30(39)33-27(24)16-21(20)2)28(29-34-35-36-38(29)31(3,4)5)37(18-22-11-7-6-8-12-22)19-23-13-9-10-14-26(23)32/h6-17,28H,18-19H2,1-5H3,(H,33,39). The van der Waals surface area contributed by atoms with Crippen molar-refractivity contribution in [3.05, 3.63) is 122 Å². The summed E-state index contributed by atoms with van der Waals surface area (Å²) < 4.78 is 1.81. The van der Waals surface area contributed by atoms with Crippen LogP contribution >= 0.6 is 11.6 Å². The second-order valence-corrected chi connectivity index (χ2v) is 11.5. The van der Waals surface area contributed by atoms with E-state index in [1.54, 1.807) is 0 Å². The molecule has 0 spiro atoms. The molecule has 0 bridgehead atoms. The number of H-pyrrole nitrogens is 1. The van der Waals surface area contributed by atoms with Crippen LogP contribution in [0.1, 0.15) is 60.5 Å². The fourth-order valence-electron chi connectivity index (χ4n) is 4.94. The number of aromatic nitrogens is 5. The molecule has 0 aliphatic rings. The van der Waals surface area contributed by atoms with Gasteiger partial charge < -0.3 is 4.98 Å². The predicted octanol–water partition coefficient (Wildman–Crippen LogP) is 6.33. The summed E-state index contributed by atoms with van der Waals surface area (Å²) in [4.78, 5) is 19.2. The fraction of sp³-hybridized carbons (Fsp3) is 0.290. The van der Waals surface area contributed by atoms with E-state index < -0.39 is 11.6 Å². The van der Waals surface area contributed by atoms with Gasteiger partial charge >= 0.3 is 0 Å². The number of aryl methyl sites for hydroxylation is 2. The number of rotatable bonds is 7. The molecule has 39 heavy (non-hydrogen) atoms. The van der Waals surface area contributed by atoms with Gasteiger partial charge in [-0.1, -0.05) is 60.1 Å². The Balaban J connectivity index is 1.76. The molecule has 7 nitrogen and oxygen atoms in total. The van der Waals surface area contributed by atoms with Crippen LogP contribution in [-0.4, -0.2) is 30.1 Å². The van der Waals surface area contributed by atoms with Crippen LogP contribution in [0.5, 0.6) is 0 Å². The highest BCUT2D eigenvalue weighted by Crippen LogP contribution is 2.33. The zero-order valence-corrected chi connectivity index (χ0v) is 23.7. The molecule has 0 saturated heterocycles. The van der Waals surface area contributed by atoms with Crippen molar-refractivity contribution in [2.45, 2.75) is 59.3 Å². The minimum absolute atomic E-state index is 0.170. The molecular weight excluding hydrogens is 508 g/mol. The minimum Gasteiger partial charge on any atom is -0.322 e. The molecule has 200 valence electrons. The van der Waals surface area contributed by atoms with Crippen LogP contribution in [0.3, 0.4) is 0 Å². The summed E-state index contributed by atoms with van der Waals surface area (Å²) in [5.41, 5.74) is 5.16. The van der Waals surface area contributed by atoms with Gasteiger partial charge in [0.15, 0.2) is 5.82 Å². The maximum Gasteiger partial charge on any atom is 0.253 e.